The van der Waals surface area contributed by atoms with Gasteiger partial charge in [-0.15, -0.1) is 0 Å². The van der Waals surface area contributed by atoms with Crippen LogP contribution < -0.4 is 10.6 Å². The maximum Gasteiger partial charge on any atom is 0.239 e. The number of nitrogens with one attached hydrogen (secondary N) is 2. The van der Waals surface area contributed by atoms with Gasteiger partial charge < -0.3 is 15.4 Å². The topological polar surface area (TPSA) is 50.4 Å². The molecule has 0 aliphatic carbocycles. The first kappa shape index (κ1) is 15.2. The van der Waals surface area contributed by atoms with E-state index in [1.165, 1.54) is 12.1 Å². The van der Waals surface area contributed by atoms with E-state index in [4.69, 9.17) is 4.74 Å². The second kappa shape index (κ2) is 8.25. The molecule has 6 heteroatoms. The van der Waals surface area contributed by atoms with Gasteiger partial charge in [0.1, 0.15) is 5.82 Å². The van der Waals surface area contributed by atoms with Crippen LogP contribution in [-0.4, -0.2) is 32.7 Å². The van der Waals surface area contributed by atoms with E-state index in [0.717, 1.165) is 15.7 Å². The zero-order chi connectivity index (χ0) is 13.4. The van der Waals surface area contributed by atoms with Crippen LogP contribution in [0.4, 0.5) is 10.1 Å². The van der Waals surface area contributed by atoms with E-state index in [2.05, 4.69) is 10.6 Å². The number of amides is 1. The summed E-state index contributed by atoms with van der Waals surface area (Å²) in [7, 11) is 1.62. The van der Waals surface area contributed by atoms with Crippen LogP contribution in [0.3, 0.4) is 0 Å². The number of benzene rings is 1. The lowest BCUT2D eigenvalue weighted by Gasteiger charge is -2.09. The maximum atomic E-state index is 12.9. The lowest BCUT2D eigenvalue weighted by molar-refractivity contribution is -0.119. The Labute approximate surface area is 119 Å². The van der Waals surface area contributed by atoms with Crippen LogP contribution >= 0.6 is 22.6 Å². The highest BCUT2D eigenvalue weighted by atomic mass is 127. The molecule has 0 aromatic heterocycles. The molecule has 0 spiro atoms. The van der Waals surface area contributed by atoms with Gasteiger partial charge >= 0.3 is 0 Å². The van der Waals surface area contributed by atoms with Crippen LogP contribution in [0.2, 0.25) is 0 Å². The van der Waals surface area contributed by atoms with Crippen molar-refractivity contribution in [1.29, 1.82) is 0 Å². The van der Waals surface area contributed by atoms with Gasteiger partial charge in [-0.3, -0.25) is 4.79 Å². The smallest absolute Gasteiger partial charge is 0.239 e. The number of carbonyl (C=O) groups excluding carboxylic acids is 1. The fraction of sp³-hybridized carbons (Fsp3) is 0.417. The van der Waals surface area contributed by atoms with Crippen LogP contribution in [0.15, 0.2) is 18.2 Å². The lowest BCUT2D eigenvalue weighted by Crippen LogP contribution is -2.31. The summed E-state index contributed by atoms with van der Waals surface area (Å²) < 4.78 is 18.5. The number of anilines is 1. The molecule has 0 heterocycles. The standard InChI is InChI=1S/C12H16FIN2O2/c1-18-6-2-5-15-12(17)8-16-11-4-3-9(13)7-10(11)14/h3-4,7,16H,2,5-6,8H2,1H3,(H,15,17). The molecule has 0 fully saturated rings. The van der Waals surface area contributed by atoms with E-state index >= 15 is 0 Å². The van der Waals surface area contributed by atoms with Gasteiger partial charge in [0.05, 0.1) is 6.54 Å². The quantitative estimate of drug-likeness (QED) is 0.573. The molecule has 4 nitrogen and oxygen atoms in total. The second-order valence-electron chi connectivity index (χ2n) is 3.67. The summed E-state index contributed by atoms with van der Waals surface area (Å²) in [6.45, 7) is 1.40. The minimum atomic E-state index is -0.283. The normalized spacial score (nSPS) is 10.2. The van der Waals surface area contributed by atoms with Crippen molar-refractivity contribution >= 4 is 34.2 Å². The highest BCUT2D eigenvalue weighted by Gasteiger charge is 2.04. The number of halogens is 2. The molecule has 0 aliphatic rings. The zero-order valence-electron chi connectivity index (χ0n) is 10.1. The molecule has 0 radical (unpaired) electrons. The second-order valence-corrected chi connectivity index (χ2v) is 4.84. The van der Waals surface area contributed by atoms with Crippen molar-refractivity contribution in [2.45, 2.75) is 6.42 Å². The van der Waals surface area contributed by atoms with Gasteiger partial charge in [0, 0.05) is 29.5 Å². The first-order valence-electron chi connectivity index (χ1n) is 5.58. The lowest BCUT2D eigenvalue weighted by atomic mass is 10.3. The Morgan fingerprint density at radius 3 is 2.94 bits per heavy atom. The van der Waals surface area contributed by atoms with Crippen molar-refractivity contribution in [1.82, 2.24) is 5.32 Å². The van der Waals surface area contributed by atoms with Crippen LogP contribution in [0, 0.1) is 9.39 Å². The molecular formula is C12H16FIN2O2. The predicted octanol–water partition coefficient (Wildman–Crippen LogP) is 1.99. The molecule has 2 N–H and O–H groups in total. The average molecular weight is 366 g/mol. The van der Waals surface area contributed by atoms with Crippen molar-refractivity contribution < 1.29 is 13.9 Å². The molecule has 1 rings (SSSR count). The van der Waals surface area contributed by atoms with Crippen molar-refractivity contribution in [3.8, 4) is 0 Å². The Balaban J connectivity index is 2.29. The first-order chi connectivity index (χ1) is 8.63. The summed E-state index contributed by atoms with van der Waals surface area (Å²) in [6, 6.07) is 4.40. The Bertz CT molecular complexity index is 402. The van der Waals surface area contributed by atoms with E-state index in [9.17, 15) is 9.18 Å². The SMILES string of the molecule is COCCCNC(=O)CNc1ccc(F)cc1I. The van der Waals surface area contributed by atoms with Crippen molar-refractivity contribution in [3.05, 3.63) is 27.6 Å². The molecule has 18 heavy (non-hydrogen) atoms. The molecule has 0 saturated carbocycles. The minimum Gasteiger partial charge on any atom is -0.385 e. The predicted molar refractivity (Wildman–Crippen MR) is 77.1 cm³/mol. The summed E-state index contributed by atoms with van der Waals surface area (Å²) in [4.78, 5) is 11.5. The van der Waals surface area contributed by atoms with Gasteiger partial charge in [0.15, 0.2) is 0 Å². The summed E-state index contributed by atoms with van der Waals surface area (Å²) in [6.07, 6.45) is 0.788. The summed E-state index contributed by atoms with van der Waals surface area (Å²) in [5, 5.41) is 5.72. The molecule has 0 saturated heterocycles. The monoisotopic (exact) mass is 366 g/mol. The van der Waals surface area contributed by atoms with E-state index in [1.54, 1.807) is 13.2 Å². The highest BCUT2D eigenvalue weighted by molar-refractivity contribution is 14.1. The van der Waals surface area contributed by atoms with Crippen molar-refractivity contribution in [2.75, 3.05) is 32.1 Å². The summed E-state index contributed by atoms with van der Waals surface area (Å²) in [5.74, 6) is -0.375. The fourth-order valence-corrected chi connectivity index (χ4v) is 1.98. The number of rotatable bonds is 7. The molecule has 0 aliphatic heterocycles. The van der Waals surface area contributed by atoms with Gasteiger partial charge in [-0.1, -0.05) is 0 Å². The Morgan fingerprint density at radius 2 is 2.28 bits per heavy atom. The van der Waals surface area contributed by atoms with Crippen LogP contribution in [0.25, 0.3) is 0 Å². The van der Waals surface area contributed by atoms with Crippen LogP contribution in [-0.2, 0) is 9.53 Å². The maximum absolute atomic E-state index is 12.9. The number of ether oxygens (including phenoxy) is 1. The molecule has 100 valence electrons. The Hall–Kier alpha value is -0.890. The molecule has 1 amide bonds. The number of hydrogen-bond donors (Lipinski definition) is 2. The number of hydrogen-bond acceptors (Lipinski definition) is 3. The minimum absolute atomic E-state index is 0.0915. The summed E-state index contributed by atoms with van der Waals surface area (Å²) in [5.41, 5.74) is 0.754. The average Bonchev–Trinajstić information content (AvgIpc) is 2.33. The molecular weight excluding hydrogens is 350 g/mol. The van der Waals surface area contributed by atoms with E-state index < -0.39 is 0 Å². The number of methoxy groups -OCH3 is 1. The molecule has 0 bridgehead atoms. The number of carbonyl (C=O) groups is 1. The van der Waals surface area contributed by atoms with Crippen molar-refractivity contribution in [3.63, 3.8) is 0 Å². The Kier molecular flexibility index (Phi) is 6.96. The third-order valence-electron chi connectivity index (χ3n) is 2.22. The fourth-order valence-electron chi connectivity index (χ4n) is 1.32. The summed E-state index contributed by atoms with van der Waals surface area (Å²) >= 11 is 2.02. The van der Waals surface area contributed by atoms with Gasteiger partial charge in [-0.25, -0.2) is 4.39 Å². The highest BCUT2D eigenvalue weighted by Crippen LogP contribution is 2.18. The van der Waals surface area contributed by atoms with Gasteiger partial charge in [-0.05, 0) is 47.2 Å². The van der Waals surface area contributed by atoms with Gasteiger partial charge in [0.25, 0.3) is 0 Å². The van der Waals surface area contributed by atoms with E-state index in [-0.39, 0.29) is 18.3 Å². The third-order valence-corrected chi connectivity index (χ3v) is 3.11. The Morgan fingerprint density at radius 1 is 1.50 bits per heavy atom. The van der Waals surface area contributed by atoms with E-state index in [0.29, 0.717) is 13.2 Å². The third kappa shape index (κ3) is 5.63. The van der Waals surface area contributed by atoms with Crippen LogP contribution in [0.5, 0.6) is 0 Å². The largest absolute Gasteiger partial charge is 0.385 e. The molecule has 0 unspecified atom stereocenters. The van der Waals surface area contributed by atoms with Gasteiger partial charge in [-0.2, -0.15) is 0 Å². The first-order valence-corrected chi connectivity index (χ1v) is 6.66. The van der Waals surface area contributed by atoms with E-state index in [1.807, 2.05) is 22.6 Å². The van der Waals surface area contributed by atoms with Crippen LogP contribution in [0.1, 0.15) is 6.42 Å². The molecule has 1 aromatic rings. The van der Waals surface area contributed by atoms with Crippen molar-refractivity contribution in [2.24, 2.45) is 0 Å². The molecule has 0 atom stereocenters. The molecule has 1 aromatic carbocycles. The zero-order valence-corrected chi connectivity index (χ0v) is 12.3. The van der Waals surface area contributed by atoms with Gasteiger partial charge in [0.2, 0.25) is 5.91 Å².